The Balaban J connectivity index is 1.70. The Morgan fingerprint density at radius 3 is 2.89 bits per heavy atom. The van der Waals surface area contributed by atoms with Crippen LogP contribution in [-0.4, -0.2) is 34.3 Å². The van der Waals surface area contributed by atoms with Crippen molar-refractivity contribution < 1.29 is 9.59 Å². The second-order valence-corrected chi connectivity index (χ2v) is 5.26. The maximum absolute atomic E-state index is 12.5. The predicted octanol–water partition coefficient (Wildman–Crippen LogP) is 0.709. The van der Waals surface area contributed by atoms with Crippen LogP contribution in [0.5, 0.6) is 0 Å². The van der Waals surface area contributed by atoms with Crippen molar-refractivity contribution in [2.45, 2.75) is 31.8 Å². The first-order valence-electron chi connectivity index (χ1n) is 6.70. The first-order chi connectivity index (χ1) is 9.24. The van der Waals surface area contributed by atoms with Gasteiger partial charge in [0.1, 0.15) is 0 Å². The molecule has 1 aromatic heterocycles. The lowest BCUT2D eigenvalue weighted by Gasteiger charge is -2.25. The minimum Gasteiger partial charge on any atom is -0.355 e. The van der Waals surface area contributed by atoms with Crippen LogP contribution in [0, 0.1) is 5.92 Å². The lowest BCUT2D eigenvalue weighted by Crippen LogP contribution is -2.38. The van der Waals surface area contributed by atoms with Crippen molar-refractivity contribution in [2.24, 2.45) is 5.92 Å². The van der Waals surface area contributed by atoms with Crippen LogP contribution in [0.15, 0.2) is 24.5 Å². The third-order valence-corrected chi connectivity index (χ3v) is 3.67. The van der Waals surface area contributed by atoms with E-state index < -0.39 is 0 Å². The van der Waals surface area contributed by atoms with E-state index in [2.05, 4.69) is 10.3 Å². The molecule has 1 unspecified atom stereocenters. The van der Waals surface area contributed by atoms with Gasteiger partial charge in [-0.2, -0.15) is 0 Å². The molecule has 1 saturated heterocycles. The van der Waals surface area contributed by atoms with Crippen molar-refractivity contribution in [3.05, 3.63) is 30.1 Å². The Labute approximate surface area is 112 Å². The van der Waals surface area contributed by atoms with E-state index in [1.54, 1.807) is 12.4 Å². The van der Waals surface area contributed by atoms with E-state index in [0.29, 0.717) is 25.6 Å². The number of pyridine rings is 1. The molecule has 0 aromatic carbocycles. The van der Waals surface area contributed by atoms with Gasteiger partial charge in [0.2, 0.25) is 11.8 Å². The first kappa shape index (κ1) is 12.1. The molecule has 1 aliphatic carbocycles. The average molecular weight is 259 g/mol. The molecule has 1 N–H and O–H groups in total. The number of hydrogen-bond acceptors (Lipinski definition) is 3. The van der Waals surface area contributed by atoms with Crippen LogP contribution in [0.3, 0.4) is 0 Å². The highest BCUT2D eigenvalue weighted by Crippen LogP contribution is 2.30. The zero-order valence-electron chi connectivity index (χ0n) is 10.7. The van der Waals surface area contributed by atoms with Crippen molar-refractivity contribution in [2.75, 3.05) is 6.54 Å². The summed E-state index contributed by atoms with van der Waals surface area (Å²) in [6.07, 6.45) is 5.99. The molecule has 2 amide bonds. The lowest BCUT2D eigenvalue weighted by molar-refractivity contribution is -0.137. The highest BCUT2D eigenvalue weighted by Gasteiger charge is 2.38. The second kappa shape index (κ2) is 4.99. The highest BCUT2D eigenvalue weighted by molar-refractivity contribution is 5.89. The molecule has 1 aliphatic heterocycles. The summed E-state index contributed by atoms with van der Waals surface area (Å²) in [6, 6.07) is 4.21. The van der Waals surface area contributed by atoms with Gasteiger partial charge < -0.3 is 10.2 Å². The number of nitrogens with zero attached hydrogens (tertiary/aromatic N) is 2. The zero-order chi connectivity index (χ0) is 13.2. The van der Waals surface area contributed by atoms with Gasteiger partial charge in [0, 0.05) is 37.9 Å². The van der Waals surface area contributed by atoms with Crippen LogP contribution >= 0.6 is 0 Å². The van der Waals surface area contributed by atoms with Gasteiger partial charge in [-0.3, -0.25) is 14.6 Å². The minimum atomic E-state index is -0.190. The van der Waals surface area contributed by atoms with Crippen LogP contribution in [0.4, 0.5) is 0 Å². The molecule has 2 aliphatic rings. The van der Waals surface area contributed by atoms with Crippen LogP contribution < -0.4 is 5.32 Å². The van der Waals surface area contributed by atoms with Crippen LogP contribution in [0.25, 0.3) is 0 Å². The molecule has 5 heteroatoms. The van der Waals surface area contributed by atoms with Gasteiger partial charge in [-0.15, -0.1) is 0 Å². The number of carbonyl (C=O) groups excluding carboxylic acids is 2. The SMILES string of the molecule is O=C1CC(C(=O)N(Cc2cccnc2)C2CC2)CN1. The van der Waals surface area contributed by atoms with Gasteiger partial charge in [-0.25, -0.2) is 0 Å². The number of nitrogens with one attached hydrogen (secondary N) is 1. The fraction of sp³-hybridized carbons (Fsp3) is 0.500. The van der Waals surface area contributed by atoms with Gasteiger partial charge in [0.05, 0.1) is 5.92 Å². The zero-order valence-corrected chi connectivity index (χ0v) is 10.7. The second-order valence-electron chi connectivity index (χ2n) is 5.26. The molecule has 2 fully saturated rings. The van der Waals surface area contributed by atoms with Crippen LogP contribution in [0.1, 0.15) is 24.8 Å². The first-order valence-corrected chi connectivity index (χ1v) is 6.70. The van der Waals surface area contributed by atoms with Gasteiger partial charge >= 0.3 is 0 Å². The summed E-state index contributed by atoms with van der Waals surface area (Å²) in [6.45, 7) is 1.08. The Kier molecular flexibility index (Phi) is 3.19. The van der Waals surface area contributed by atoms with E-state index >= 15 is 0 Å². The topological polar surface area (TPSA) is 62.3 Å². The van der Waals surface area contributed by atoms with E-state index in [0.717, 1.165) is 18.4 Å². The maximum atomic E-state index is 12.5. The number of amides is 2. The average Bonchev–Trinajstić information content (AvgIpc) is 3.18. The fourth-order valence-corrected chi connectivity index (χ4v) is 2.48. The molecule has 3 rings (SSSR count). The fourth-order valence-electron chi connectivity index (χ4n) is 2.48. The molecule has 5 nitrogen and oxygen atoms in total. The third kappa shape index (κ3) is 2.75. The van der Waals surface area contributed by atoms with Crippen LogP contribution in [-0.2, 0) is 16.1 Å². The summed E-state index contributed by atoms with van der Waals surface area (Å²) in [7, 11) is 0. The molecule has 1 saturated carbocycles. The summed E-state index contributed by atoms with van der Waals surface area (Å²) < 4.78 is 0. The number of aromatic nitrogens is 1. The van der Waals surface area contributed by atoms with Crippen molar-refractivity contribution in [1.82, 2.24) is 15.2 Å². The summed E-state index contributed by atoms with van der Waals surface area (Å²) in [5.41, 5.74) is 1.04. The van der Waals surface area contributed by atoms with E-state index in [1.807, 2.05) is 17.0 Å². The Hall–Kier alpha value is -1.91. The third-order valence-electron chi connectivity index (χ3n) is 3.67. The van der Waals surface area contributed by atoms with Gasteiger partial charge in [-0.1, -0.05) is 6.07 Å². The van der Waals surface area contributed by atoms with Crippen molar-refractivity contribution in [1.29, 1.82) is 0 Å². The minimum absolute atomic E-state index is 0.0181. The summed E-state index contributed by atoms with van der Waals surface area (Å²) in [4.78, 5) is 29.7. The van der Waals surface area contributed by atoms with E-state index in [-0.39, 0.29) is 17.7 Å². The summed E-state index contributed by atoms with van der Waals surface area (Å²) in [5.74, 6) is -0.107. The van der Waals surface area contributed by atoms with Crippen molar-refractivity contribution >= 4 is 11.8 Å². The monoisotopic (exact) mass is 259 g/mol. The highest BCUT2D eigenvalue weighted by atomic mass is 16.2. The Morgan fingerprint density at radius 1 is 1.47 bits per heavy atom. The molecule has 2 heterocycles. The molecule has 1 aromatic rings. The van der Waals surface area contributed by atoms with Crippen LogP contribution in [0.2, 0.25) is 0 Å². The predicted molar refractivity (Wildman–Crippen MR) is 68.9 cm³/mol. The smallest absolute Gasteiger partial charge is 0.228 e. The molecule has 0 radical (unpaired) electrons. The number of hydrogen-bond donors (Lipinski definition) is 1. The van der Waals surface area contributed by atoms with Crippen molar-refractivity contribution in [3.8, 4) is 0 Å². The lowest BCUT2D eigenvalue weighted by atomic mass is 10.1. The summed E-state index contributed by atoms with van der Waals surface area (Å²) >= 11 is 0. The normalized spacial score (nSPS) is 22.1. The molecule has 1 atom stereocenters. The van der Waals surface area contributed by atoms with E-state index in [9.17, 15) is 9.59 Å². The molecule has 0 bridgehead atoms. The molecule has 100 valence electrons. The van der Waals surface area contributed by atoms with Gasteiger partial charge in [0.25, 0.3) is 0 Å². The maximum Gasteiger partial charge on any atom is 0.228 e. The van der Waals surface area contributed by atoms with E-state index in [1.165, 1.54) is 0 Å². The number of carbonyl (C=O) groups is 2. The molecular formula is C14H17N3O2. The number of rotatable bonds is 4. The standard InChI is InChI=1S/C14H17N3O2/c18-13-6-11(8-16-13)14(19)17(12-3-4-12)9-10-2-1-5-15-7-10/h1-2,5,7,11-12H,3-4,6,8-9H2,(H,16,18). The molecule has 0 spiro atoms. The largest absolute Gasteiger partial charge is 0.355 e. The Bertz CT molecular complexity index is 485. The molecular weight excluding hydrogens is 242 g/mol. The molecule has 19 heavy (non-hydrogen) atoms. The van der Waals surface area contributed by atoms with Crippen molar-refractivity contribution in [3.63, 3.8) is 0 Å². The quantitative estimate of drug-likeness (QED) is 0.866. The Morgan fingerprint density at radius 2 is 2.32 bits per heavy atom. The summed E-state index contributed by atoms with van der Waals surface area (Å²) in [5, 5.41) is 2.73. The van der Waals surface area contributed by atoms with Gasteiger partial charge in [-0.05, 0) is 24.5 Å². The van der Waals surface area contributed by atoms with Gasteiger partial charge in [0.15, 0.2) is 0 Å². The van der Waals surface area contributed by atoms with E-state index in [4.69, 9.17) is 0 Å².